The van der Waals surface area contributed by atoms with E-state index < -0.39 is 55.5 Å². The molecule has 8 nitrogen and oxygen atoms in total. The summed E-state index contributed by atoms with van der Waals surface area (Å²) in [5.41, 5.74) is -1.46. The molecule has 2 fully saturated rings. The third-order valence-corrected chi connectivity index (χ3v) is 8.90. The van der Waals surface area contributed by atoms with Crippen molar-refractivity contribution in [1.29, 1.82) is 5.26 Å². The number of nitrogens with zero attached hydrogens (tertiary/aromatic N) is 3. The number of aliphatic hydroxyl groups is 1. The van der Waals surface area contributed by atoms with Crippen LogP contribution in [0.2, 0.25) is 0 Å². The van der Waals surface area contributed by atoms with Gasteiger partial charge in [-0.25, -0.2) is 8.42 Å². The third-order valence-electron chi connectivity index (χ3n) is 6.67. The summed E-state index contributed by atoms with van der Waals surface area (Å²) in [5.74, 6) is -0.695. The lowest BCUT2D eigenvalue weighted by molar-refractivity contribution is -0.139. The van der Waals surface area contributed by atoms with Gasteiger partial charge in [-0.1, -0.05) is 6.07 Å². The summed E-state index contributed by atoms with van der Waals surface area (Å²) in [5, 5.41) is 25.5. The molecule has 2 N–H and O–H groups in total. The minimum absolute atomic E-state index is 0.0660. The van der Waals surface area contributed by atoms with Gasteiger partial charge in [-0.15, -0.1) is 0 Å². The summed E-state index contributed by atoms with van der Waals surface area (Å²) in [6.45, 7) is 0. The summed E-state index contributed by atoms with van der Waals surface area (Å²) in [7, 11) is -1.43. The highest BCUT2D eigenvalue weighted by Gasteiger charge is 2.51. The van der Waals surface area contributed by atoms with Crippen LogP contribution < -0.4 is 5.32 Å². The maximum absolute atomic E-state index is 14.0. The number of hydrogen-bond donors (Lipinski definition) is 2. The molecule has 1 heterocycles. The average Bonchev–Trinajstić information content (AvgIpc) is 3.19. The number of halogens is 3. The predicted molar refractivity (Wildman–Crippen MR) is 115 cm³/mol. The summed E-state index contributed by atoms with van der Waals surface area (Å²) < 4.78 is 75.5. The normalized spacial score (nSPS) is 25.1. The highest BCUT2D eigenvalue weighted by molar-refractivity contribution is 7.92. The molecule has 12 heteroatoms. The molecule has 184 valence electrons. The van der Waals surface area contributed by atoms with Gasteiger partial charge in [0.15, 0.2) is 9.84 Å². The number of methoxy groups -OCH3 is 1. The average molecular weight is 499 g/mol. The van der Waals surface area contributed by atoms with Crippen LogP contribution in [0.25, 0.3) is 11.1 Å². The smallest absolute Gasteiger partial charge is 0.381 e. The van der Waals surface area contributed by atoms with E-state index in [2.05, 4.69) is 16.5 Å². The Balaban J connectivity index is 1.65. The number of sulfone groups is 1. The van der Waals surface area contributed by atoms with Crippen molar-refractivity contribution in [3.63, 3.8) is 0 Å². The molecule has 0 amide bonds. The van der Waals surface area contributed by atoms with Crippen LogP contribution >= 0.6 is 0 Å². The third kappa shape index (κ3) is 4.57. The van der Waals surface area contributed by atoms with Gasteiger partial charge >= 0.3 is 6.18 Å². The summed E-state index contributed by atoms with van der Waals surface area (Å²) in [6.07, 6.45) is -2.92. The minimum atomic E-state index is -4.90. The maximum Gasteiger partial charge on any atom is 0.417 e. The number of hydrogen-bond acceptors (Lipinski definition) is 7. The van der Waals surface area contributed by atoms with E-state index in [4.69, 9.17) is 4.74 Å². The topological polar surface area (TPSA) is 117 Å². The van der Waals surface area contributed by atoms with E-state index in [1.807, 2.05) is 0 Å². The molecule has 1 aromatic heterocycles. The lowest BCUT2D eigenvalue weighted by Gasteiger charge is -2.26. The van der Waals surface area contributed by atoms with Crippen molar-refractivity contribution in [2.24, 2.45) is 13.0 Å². The first kappa shape index (κ1) is 24.7. The number of alkyl halides is 3. The summed E-state index contributed by atoms with van der Waals surface area (Å²) in [6, 6.07) is 5.23. The van der Waals surface area contributed by atoms with Gasteiger partial charge in [0.1, 0.15) is 11.8 Å². The second-order valence-electron chi connectivity index (χ2n) is 8.97. The van der Waals surface area contributed by atoms with E-state index in [0.29, 0.717) is 18.4 Å². The van der Waals surface area contributed by atoms with Gasteiger partial charge in [-0.3, -0.25) is 10.00 Å². The first-order valence-electron chi connectivity index (χ1n) is 10.7. The quantitative estimate of drug-likeness (QED) is 0.564. The number of nitriles is 1. The monoisotopic (exact) mass is 498 g/mol. The fourth-order valence-electron chi connectivity index (χ4n) is 4.57. The molecule has 0 saturated heterocycles. The number of nitrogens with one attached hydrogen (secondary N) is 1. The fourth-order valence-corrected chi connectivity index (χ4v) is 6.59. The maximum atomic E-state index is 14.0. The minimum Gasteiger partial charge on any atom is -0.381 e. The van der Waals surface area contributed by atoms with Crippen molar-refractivity contribution in [3.05, 3.63) is 36.2 Å². The van der Waals surface area contributed by atoms with Gasteiger partial charge in [-0.2, -0.15) is 23.5 Å². The number of rotatable bonds is 7. The van der Waals surface area contributed by atoms with Crippen molar-refractivity contribution in [2.75, 3.05) is 7.11 Å². The number of aliphatic hydroxyl groups excluding tert-OH is 1. The Morgan fingerprint density at radius 2 is 2.03 bits per heavy atom. The lowest BCUT2D eigenvalue weighted by Crippen LogP contribution is -2.46. The van der Waals surface area contributed by atoms with Crippen LogP contribution in [-0.2, 0) is 27.8 Å². The zero-order chi connectivity index (χ0) is 24.9. The summed E-state index contributed by atoms with van der Waals surface area (Å²) in [4.78, 5) is -0.800. The lowest BCUT2D eigenvalue weighted by atomic mass is 10.0. The first-order chi connectivity index (χ1) is 15.9. The van der Waals surface area contributed by atoms with Crippen molar-refractivity contribution < 1.29 is 31.4 Å². The van der Waals surface area contributed by atoms with Crippen LogP contribution in [0, 0.1) is 17.2 Å². The molecule has 2 aromatic rings. The molecule has 2 aliphatic rings. The zero-order valence-electron chi connectivity index (χ0n) is 18.6. The molecular weight excluding hydrogens is 473 g/mol. The molecule has 4 atom stereocenters. The van der Waals surface area contributed by atoms with Crippen molar-refractivity contribution >= 4 is 9.84 Å². The molecule has 1 aromatic carbocycles. The molecule has 4 unspecified atom stereocenters. The Hall–Kier alpha value is -2.46. The van der Waals surface area contributed by atoms with E-state index in [1.165, 1.54) is 30.3 Å². The molecule has 0 radical (unpaired) electrons. The van der Waals surface area contributed by atoms with Crippen LogP contribution in [0.3, 0.4) is 0 Å². The largest absolute Gasteiger partial charge is 0.417 e. The Morgan fingerprint density at radius 3 is 2.56 bits per heavy atom. The summed E-state index contributed by atoms with van der Waals surface area (Å²) >= 11 is 0. The van der Waals surface area contributed by atoms with Gasteiger partial charge in [0.25, 0.3) is 0 Å². The molecule has 0 aliphatic heterocycles. The van der Waals surface area contributed by atoms with Crippen LogP contribution in [0.15, 0.2) is 35.5 Å². The second kappa shape index (κ2) is 8.64. The SMILES string of the molecule is COC1CC(S(=O)(=O)c2ccc(-c3cnn(C)c3)cc2C(F)(F)F)CC1C(O)NC1(C#N)CC1. The van der Waals surface area contributed by atoms with E-state index in [-0.39, 0.29) is 18.4 Å². The molecular formula is C22H25F3N4O4S. The number of aryl methyl sites for hydroxylation is 1. The van der Waals surface area contributed by atoms with Crippen LogP contribution in [0.4, 0.5) is 13.2 Å². The molecule has 2 aliphatic carbocycles. The second-order valence-corrected chi connectivity index (χ2v) is 11.2. The number of ether oxygens (including phenoxy) is 1. The predicted octanol–water partition coefficient (Wildman–Crippen LogP) is 2.64. The van der Waals surface area contributed by atoms with Crippen molar-refractivity contribution in [2.45, 2.75) is 59.9 Å². The van der Waals surface area contributed by atoms with Crippen molar-refractivity contribution in [1.82, 2.24) is 15.1 Å². The van der Waals surface area contributed by atoms with Crippen LogP contribution in [0.5, 0.6) is 0 Å². The number of benzene rings is 1. The first-order valence-corrected chi connectivity index (χ1v) is 12.3. The Labute approximate surface area is 195 Å². The van der Waals surface area contributed by atoms with Gasteiger partial charge in [0.05, 0.1) is 34.1 Å². The molecule has 0 spiro atoms. The van der Waals surface area contributed by atoms with Crippen molar-refractivity contribution in [3.8, 4) is 17.2 Å². The van der Waals surface area contributed by atoms with Gasteiger partial charge < -0.3 is 9.84 Å². The Kier molecular flexibility index (Phi) is 6.27. The van der Waals surface area contributed by atoms with Crippen LogP contribution in [-0.4, -0.2) is 53.5 Å². The molecule has 2 saturated carbocycles. The van der Waals surface area contributed by atoms with E-state index >= 15 is 0 Å². The Morgan fingerprint density at radius 1 is 1.32 bits per heavy atom. The van der Waals surface area contributed by atoms with E-state index in [0.717, 1.165) is 12.1 Å². The van der Waals surface area contributed by atoms with Gasteiger partial charge in [-0.05, 0) is 43.4 Å². The zero-order valence-corrected chi connectivity index (χ0v) is 19.4. The highest BCUT2D eigenvalue weighted by Crippen LogP contribution is 2.43. The van der Waals surface area contributed by atoms with Gasteiger partial charge in [0, 0.05) is 31.8 Å². The molecule has 0 bridgehead atoms. The Bertz CT molecular complexity index is 1220. The standard InChI is InChI=1S/C22H25F3N4O4S/c1-29-11-14(10-27-29)13-3-4-19(17(7-13)22(23,24)25)34(31,32)15-8-16(18(9-15)33-2)20(30)28-21(12-26)5-6-21/h3-4,7,10-11,15-16,18,20,28,30H,5-6,8-9H2,1-2H3. The highest BCUT2D eigenvalue weighted by atomic mass is 32.2. The molecule has 34 heavy (non-hydrogen) atoms. The van der Waals surface area contributed by atoms with E-state index in [9.17, 15) is 32.0 Å². The number of aromatic nitrogens is 2. The molecule has 4 rings (SSSR count). The fraction of sp³-hybridized carbons (Fsp3) is 0.545. The van der Waals surface area contributed by atoms with E-state index in [1.54, 1.807) is 7.05 Å². The van der Waals surface area contributed by atoms with Crippen LogP contribution in [0.1, 0.15) is 31.2 Å². The van der Waals surface area contributed by atoms with Gasteiger partial charge in [0.2, 0.25) is 0 Å².